The van der Waals surface area contributed by atoms with Gasteiger partial charge in [0.2, 0.25) is 0 Å². The molecular formula is C13H15IO. The largest absolute Gasteiger partial charge is 0.300 e. The Labute approximate surface area is 104 Å². The van der Waals surface area contributed by atoms with Crippen LogP contribution in [0.3, 0.4) is 0 Å². The normalized spacial score (nSPS) is 25.9. The van der Waals surface area contributed by atoms with Gasteiger partial charge in [-0.1, -0.05) is 19.1 Å². The smallest absolute Gasteiger partial charge is 0.133 e. The highest BCUT2D eigenvalue weighted by molar-refractivity contribution is 14.1. The van der Waals surface area contributed by atoms with Crippen molar-refractivity contribution in [3.8, 4) is 0 Å². The highest BCUT2D eigenvalue weighted by Gasteiger charge is 2.33. The highest BCUT2D eigenvalue weighted by atomic mass is 127. The van der Waals surface area contributed by atoms with E-state index < -0.39 is 0 Å². The first-order chi connectivity index (χ1) is 7.07. The maximum atomic E-state index is 11.3. The predicted molar refractivity (Wildman–Crippen MR) is 69.8 cm³/mol. The Kier molecular flexibility index (Phi) is 3.14. The molecule has 2 heteroatoms. The van der Waals surface area contributed by atoms with E-state index in [1.54, 1.807) is 0 Å². The van der Waals surface area contributed by atoms with E-state index in [4.69, 9.17) is 0 Å². The van der Waals surface area contributed by atoms with Gasteiger partial charge < -0.3 is 0 Å². The van der Waals surface area contributed by atoms with Crippen LogP contribution in [-0.4, -0.2) is 5.78 Å². The molecule has 0 aromatic heterocycles. The average molecular weight is 314 g/mol. The third-order valence-electron chi connectivity index (χ3n) is 3.18. The Hall–Kier alpha value is -0.380. The molecule has 1 fully saturated rings. The van der Waals surface area contributed by atoms with Gasteiger partial charge in [0.1, 0.15) is 5.78 Å². The maximum Gasteiger partial charge on any atom is 0.133 e. The van der Waals surface area contributed by atoms with Crippen molar-refractivity contribution in [2.24, 2.45) is 5.41 Å². The molecule has 1 unspecified atom stereocenters. The minimum absolute atomic E-state index is 0.212. The van der Waals surface area contributed by atoms with Crippen LogP contribution >= 0.6 is 22.6 Å². The monoisotopic (exact) mass is 314 g/mol. The van der Waals surface area contributed by atoms with Gasteiger partial charge >= 0.3 is 0 Å². The van der Waals surface area contributed by atoms with Crippen LogP contribution in [0.25, 0.3) is 0 Å². The van der Waals surface area contributed by atoms with E-state index in [-0.39, 0.29) is 5.41 Å². The fraction of sp³-hybridized carbons (Fsp3) is 0.462. The van der Waals surface area contributed by atoms with Gasteiger partial charge in [-0.05, 0) is 58.5 Å². The Morgan fingerprint density at radius 3 is 2.53 bits per heavy atom. The number of rotatable bonds is 2. The number of Topliss-reactive ketones (excluding diaryl/α,β-unsaturated/α-hetero) is 1. The minimum Gasteiger partial charge on any atom is -0.300 e. The highest BCUT2D eigenvalue weighted by Crippen LogP contribution is 2.38. The summed E-state index contributed by atoms with van der Waals surface area (Å²) >= 11 is 2.31. The summed E-state index contributed by atoms with van der Waals surface area (Å²) in [6.07, 6.45) is 3.63. The van der Waals surface area contributed by atoms with Crippen LogP contribution in [0.2, 0.25) is 0 Å². The molecule has 80 valence electrons. The summed E-state index contributed by atoms with van der Waals surface area (Å²) in [6.45, 7) is 2.23. The van der Waals surface area contributed by atoms with E-state index in [0.717, 1.165) is 25.7 Å². The molecule has 0 bridgehead atoms. The van der Waals surface area contributed by atoms with Crippen LogP contribution < -0.4 is 0 Å². The molecular weight excluding hydrogens is 299 g/mol. The summed E-state index contributed by atoms with van der Waals surface area (Å²) in [5.74, 6) is 0.433. The molecule has 1 nitrogen and oxygen atoms in total. The molecule has 1 aromatic carbocycles. The summed E-state index contributed by atoms with van der Waals surface area (Å²) in [7, 11) is 0. The lowest BCUT2D eigenvalue weighted by Crippen LogP contribution is -2.15. The van der Waals surface area contributed by atoms with Crippen molar-refractivity contribution >= 4 is 28.4 Å². The molecule has 1 saturated carbocycles. The molecule has 0 N–H and O–H groups in total. The van der Waals surface area contributed by atoms with E-state index in [0.29, 0.717) is 5.78 Å². The van der Waals surface area contributed by atoms with E-state index >= 15 is 0 Å². The summed E-state index contributed by atoms with van der Waals surface area (Å²) in [4.78, 5) is 11.3. The molecule has 0 aliphatic heterocycles. The standard InChI is InChI=1S/C13H15IO/c1-13(7-6-12(15)9-13)8-10-2-4-11(14)5-3-10/h2-5H,6-9H2,1H3. The number of carbonyl (C=O) groups excluding carboxylic acids is 1. The first kappa shape index (κ1) is 11.1. The number of hydrogen-bond donors (Lipinski definition) is 0. The Morgan fingerprint density at radius 1 is 1.33 bits per heavy atom. The van der Waals surface area contributed by atoms with Gasteiger partial charge in [-0.25, -0.2) is 0 Å². The zero-order valence-corrected chi connectivity index (χ0v) is 11.1. The zero-order valence-electron chi connectivity index (χ0n) is 8.92. The van der Waals surface area contributed by atoms with E-state index in [2.05, 4.69) is 53.8 Å². The van der Waals surface area contributed by atoms with Gasteiger partial charge in [-0.15, -0.1) is 0 Å². The van der Waals surface area contributed by atoms with Crippen molar-refractivity contribution in [2.45, 2.75) is 32.6 Å². The second kappa shape index (κ2) is 4.24. The van der Waals surface area contributed by atoms with Crippen molar-refractivity contribution in [3.05, 3.63) is 33.4 Å². The van der Waals surface area contributed by atoms with Gasteiger partial charge in [0.05, 0.1) is 0 Å². The Balaban J connectivity index is 2.08. The fourth-order valence-corrected chi connectivity index (χ4v) is 2.70. The maximum absolute atomic E-state index is 11.3. The summed E-state index contributed by atoms with van der Waals surface area (Å²) in [6, 6.07) is 8.62. The topological polar surface area (TPSA) is 17.1 Å². The summed E-state index contributed by atoms with van der Waals surface area (Å²) < 4.78 is 1.27. The summed E-state index contributed by atoms with van der Waals surface area (Å²) in [5.41, 5.74) is 1.57. The number of benzene rings is 1. The fourth-order valence-electron chi connectivity index (χ4n) is 2.34. The molecule has 1 aliphatic carbocycles. The second-order valence-electron chi connectivity index (χ2n) is 4.83. The first-order valence-corrected chi connectivity index (χ1v) is 6.41. The molecule has 15 heavy (non-hydrogen) atoms. The van der Waals surface area contributed by atoms with Gasteiger partial charge in [0.15, 0.2) is 0 Å². The molecule has 2 rings (SSSR count). The van der Waals surface area contributed by atoms with Gasteiger partial charge in [0.25, 0.3) is 0 Å². The molecule has 1 atom stereocenters. The SMILES string of the molecule is CC1(Cc2ccc(I)cc2)CCC(=O)C1. The van der Waals surface area contributed by atoms with E-state index in [1.807, 2.05) is 0 Å². The van der Waals surface area contributed by atoms with Gasteiger partial charge in [-0.2, -0.15) is 0 Å². The lowest BCUT2D eigenvalue weighted by atomic mass is 9.82. The van der Waals surface area contributed by atoms with Gasteiger partial charge in [-0.3, -0.25) is 4.79 Å². The molecule has 0 heterocycles. The number of halogens is 1. The average Bonchev–Trinajstić information content (AvgIpc) is 2.50. The second-order valence-corrected chi connectivity index (χ2v) is 6.07. The molecule has 0 amide bonds. The first-order valence-electron chi connectivity index (χ1n) is 5.34. The molecule has 1 aromatic rings. The summed E-state index contributed by atoms with van der Waals surface area (Å²) in [5, 5.41) is 0. The molecule has 1 aliphatic rings. The van der Waals surface area contributed by atoms with Gasteiger partial charge in [0, 0.05) is 16.4 Å². The Morgan fingerprint density at radius 2 is 2.00 bits per heavy atom. The van der Waals surface area contributed by atoms with Crippen LogP contribution in [0, 0.1) is 8.99 Å². The lowest BCUT2D eigenvalue weighted by molar-refractivity contribution is -0.117. The van der Waals surface area contributed by atoms with Crippen molar-refractivity contribution < 1.29 is 4.79 Å². The van der Waals surface area contributed by atoms with Crippen molar-refractivity contribution in [3.63, 3.8) is 0 Å². The van der Waals surface area contributed by atoms with Crippen LogP contribution in [0.4, 0.5) is 0 Å². The molecule has 0 saturated heterocycles. The third-order valence-corrected chi connectivity index (χ3v) is 3.89. The van der Waals surface area contributed by atoms with Crippen molar-refractivity contribution in [1.82, 2.24) is 0 Å². The zero-order chi connectivity index (χ0) is 10.9. The Bertz CT molecular complexity index is 369. The van der Waals surface area contributed by atoms with E-state index in [1.165, 1.54) is 9.13 Å². The van der Waals surface area contributed by atoms with Crippen molar-refractivity contribution in [1.29, 1.82) is 0 Å². The molecule has 0 radical (unpaired) electrons. The van der Waals surface area contributed by atoms with Crippen molar-refractivity contribution in [2.75, 3.05) is 0 Å². The third kappa shape index (κ3) is 2.80. The van der Waals surface area contributed by atoms with Crippen LogP contribution in [0.1, 0.15) is 31.7 Å². The van der Waals surface area contributed by atoms with Crippen LogP contribution in [0.15, 0.2) is 24.3 Å². The quantitative estimate of drug-likeness (QED) is 0.763. The number of hydrogen-bond acceptors (Lipinski definition) is 1. The van der Waals surface area contributed by atoms with Crippen LogP contribution in [0.5, 0.6) is 0 Å². The molecule has 0 spiro atoms. The number of ketones is 1. The predicted octanol–water partition coefficient (Wildman–Crippen LogP) is 3.59. The lowest BCUT2D eigenvalue weighted by Gasteiger charge is -2.22. The van der Waals surface area contributed by atoms with E-state index in [9.17, 15) is 4.79 Å². The minimum atomic E-state index is 0.212. The number of carbonyl (C=O) groups is 1. The van der Waals surface area contributed by atoms with Crippen LogP contribution in [-0.2, 0) is 11.2 Å².